The summed E-state index contributed by atoms with van der Waals surface area (Å²) >= 11 is 0. The molecule has 2 aromatic rings. The molecule has 6 nitrogen and oxygen atoms in total. The predicted octanol–water partition coefficient (Wildman–Crippen LogP) is 2.95. The first-order valence-electron chi connectivity index (χ1n) is 10.6. The van der Waals surface area contributed by atoms with E-state index >= 15 is 0 Å². The Labute approximate surface area is 174 Å². The minimum atomic E-state index is -0.00307. The van der Waals surface area contributed by atoms with Gasteiger partial charge >= 0.3 is 0 Å². The first kappa shape index (κ1) is 21.5. The molecule has 1 atom stereocenters. The van der Waals surface area contributed by atoms with Crippen molar-refractivity contribution < 1.29 is 9.53 Å². The number of fused-ring (bicyclic) bond motifs is 1. The highest BCUT2D eigenvalue weighted by Gasteiger charge is 2.29. The summed E-state index contributed by atoms with van der Waals surface area (Å²) in [4.78, 5) is 14.9. The lowest BCUT2D eigenvalue weighted by Gasteiger charge is -2.25. The maximum atomic E-state index is 13.1. The van der Waals surface area contributed by atoms with Crippen LogP contribution in [0.15, 0.2) is 30.3 Å². The number of benzene rings is 1. The van der Waals surface area contributed by atoms with E-state index in [-0.39, 0.29) is 12.0 Å². The normalized spacial score (nSPS) is 16.1. The number of hydrogen-bond acceptors (Lipinski definition) is 4. The van der Waals surface area contributed by atoms with Gasteiger partial charge in [0.1, 0.15) is 0 Å². The molecular weight excluding hydrogens is 364 g/mol. The highest BCUT2D eigenvalue weighted by atomic mass is 16.5. The molecule has 158 valence electrons. The number of aromatic nitrogens is 2. The average molecular weight is 399 g/mol. The van der Waals surface area contributed by atoms with E-state index in [1.54, 1.807) is 4.90 Å². The van der Waals surface area contributed by atoms with E-state index in [0.29, 0.717) is 18.3 Å². The fourth-order valence-corrected chi connectivity index (χ4v) is 3.94. The van der Waals surface area contributed by atoms with E-state index in [2.05, 4.69) is 24.3 Å². The van der Waals surface area contributed by atoms with Crippen molar-refractivity contribution >= 4 is 5.91 Å². The smallest absolute Gasteiger partial charge is 0.274 e. The van der Waals surface area contributed by atoms with Gasteiger partial charge in [-0.05, 0) is 51.6 Å². The Balaban J connectivity index is 1.61. The molecule has 29 heavy (non-hydrogen) atoms. The van der Waals surface area contributed by atoms with Gasteiger partial charge in [0, 0.05) is 44.5 Å². The SMILES string of the molecule is CC(C)OCCCNC1CCc2c(c(C(=O)N(C)Cc3ccccc3)nn2C)C1. The van der Waals surface area contributed by atoms with Crippen LogP contribution < -0.4 is 5.32 Å². The second-order valence-electron chi connectivity index (χ2n) is 8.21. The molecule has 0 aliphatic heterocycles. The Morgan fingerprint density at radius 3 is 2.83 bits per heavy atom. The van der Waals surface area contributed by atoms with Crippen molar-refractivity contribution in [3.8, 4) is 0 Å². The third kappa shape index (κ3) is 5.67. The zero-order valence-corrected chi connectivity index (χ0v) is 18.1. The van der Waals surface area contributed by atoms with E-state index in [1.807, 2.05) is 49.1 Å². The van der Waals surface area contributed by atoms with Crippen molar-refractivity contribution in [3.05, 3.63) is 52.8 Å². The molecule has 1 heterocycles. The highest BCUT2D eigenvalue weighted by Crippen LogP contribution is 2.25. The van der Waals surface area contributed by atoms with Gasteiger partial charge < -0.3 is 15.0 Å². The largest absolute Gasteiger partial charge is 0.379 e. The Hall–Kier alpha value is -2.18. The van der Waals surface area contributed by atoms with Crippen LogP contribution in [0.3, 0.4) is 0 Å². The Morgan fingerprint density at radius 2 is 2.10 bits per heavy atom. The van der Waals surface area contributed by atoms with Gasteiger partial charge in [-0.15, -0.1) is 0 Å². The van der Waals surface area contributed by atoms with Crippen LogP contribution >= 0.6 is 0 Å². The monoisotopic (exact) mass is 398 g/mol. The van der Waals surface area contributed by atoms with Gasteiger partial charge in [-0.2, -0.15) is 5.10 Å². The number of carbonyl (C=O) groups is 1. The van der Waals surface area contributed by atoms with Crippen LogP contribution in [0, 0.1) is 0 Å². The second kappa shape index (κ2) is 10.0. The molecule has 1 aromatic carbocycles. The van der Waals surface area contributed by atoms with E-state index in [1.165, 1.54) is 5.69 Å². The van der Waals surface area contributed by atoms with Crippen LogP contribution in [0.25, 0.3) is 0 Å². The quantitative estimate of drug-likeness (QED) is 0.660. The zero-order chi connectivity index (χ0) is 20.8. The van der Waals surface area contributed by atoms with Gasteiger partial charge in [0.25, 0.3) is 5.91 Å². The van der Waals surface area contributed by atoms with Crippen molar-refractivity contribution in [1.82, 2.24) is 20.0 Å². The fraction of sp³-hybridized carbons (Fsp3) is 0.565. The number of amides is 1. The molecule has 0 fully saturated rings. The predicted molar refractivity (Wildman–Crippen MR) is 115 cm³/mol. The minimum absolute atomic E-state index is 0.00307. The molecule has 1 amide bonds. The lowest BCUT2D eigenvalue weighted by Crippen LogP contribution is -2.36. The highest BCUT2D eigenvalue weighted by molar-refractivity contribution is 5.94. The Bertz CT molecular complexity index is 801. The van der Waals surface area contributed by atoms with Crippen LogP contribution in [-0.4, -0.2) is 52.9 Å². The maximum Gasteiger partial charge on any atom is 0.274 e. The van der Waals surface area contributed by atoms with Crippen LogP contribution in [0.4, 0.5) is 0 Å². The summed E-state index contributed by atoms with van der Waals surface area (Å²) in [5, 5.41) is 8.23. The number of rotatable bonds is 9. The first-order valence-corrected chi connectivity index (χ1v) is 10.6. The third-order valence-electron chi connectivity index (χ3n) is 5.47. The number of nitrogens with one attached hydrogen (secondary N) is 1. The molecule has 0 spiro atoms. The summed E-state index contributed by atoms with van der Waals surface area (Å²) in [7, 11) is 3.80. The number of carbonyl (C=O) groups excluding carboxylic acids is 1. The van der Waals surface area contributed by atoms with E-state index in [9.17, 15) is 4.79 Å². The van der Waals surface area contributed by atoms with E-state index < -0.39 is 0 Å². The van der Waals surface area contributed by atoms with Gasteiger partial charge in [0.15, 0.2) is 5.69 Å². The minimum Gasteiger partial charge on any atom is -0.379 e. The number of ether oxygens (including phenoxy) is 1. The van der Waals surface area contributed by atoms with Crippen molar-refractivity contribution in [1.29, 1.82) is 0 Å². The molecule has 6 heteroatoms. The summed E-state index contributed by atoms with van der Waals surface area (Å²) in [6.45, 7) is 6.42. The van der Waals surface area contributed by atoms with Crippen LogP contribution in [-0.2, 0) is 31.2 Å². The molecule has 1 N–H and O–H groups in total. The molecule has 0 saturated heterocycles. The van der Waals surface area contributed by atoms with Crippen molar-refractivity contribution in [2.24, 2.45) is 7.05 Å². The molecule has 0 saturated carbocycles. The first-order chi connectivity index (χ1) is 14.0. The summed E-state index contributed by atoms with van der Waals surface area (Å²) in [5.74, 6) is -0.00307. The number of hydrogen-bond donors (Lipinski definition) is 1. The van der Waals surface area contributed by atoms with Crippen molar-refractivity contribution in [3.63, 3.8) is 0 Å². The average Bonchev–Trinajstić information content (AvgIpc) is 3.03. The van der Waals surface area contributed by atoms with Crippen molar-refractivity contribution in [2.75, 3.05) is 20.2 Å². The van der Waals surface area contributed by atoms with Gasteiger partial charge in [-0.3, -0.25) is 9.48 Å². The summed E-state index contributed by atoms with van der Waals surface area (Å²) in [5.41, 5.74) is 4.04. The molecular formula is C23H34N4O2. The Morgan fingerprint density at radius 1 is 1.34 bits per heavy atom. The summed E-state index contributed by atoms with van der Waals surface area (Å²) in [6.07, 6.45) is 4.16. The molecule has 3 rings (SSSR count). The molecule has 0 radical (unpaired) electrons. The zero-order valence-electron chi connectivity index (χ0n) is 18.1. The van der Waals surface area contributed by atoms with E-state index in [4.69, 9.17) is 4.74 Å². The molecule has 0 bridgehead atoms. The second-order valence-corrected chi connectivity index (χ2v) is 8.21. The molecule has 1 aliphatic carbocycles. The molecule has 1 aliphatic rings. The third-order valence-corrected chi connectivity index (χ3v) is 5.47. The van der Waals surface area contributed by atoms with Gasteiger partial charge in [0.2, 0.25) is 0 Å². The summed E-state index contributed by atoms with van der Waals surface area (Å²) < 4.78 is 7.51. The number of aryl methyl sites for hydroxylation is 1. The van der Waals surface area contributed by atoms with Gasteiger partial charge in [-0.1, -0.05) is 30.3 Å². The van der Waals surface area contributed by atoms with Gasteiger partial charge in [-0.25, -0.2) is 0 Å². The lowest BCUT2D eigenvalue weighted by atomic mass is 9.91. The topological polar surface area (TPSA) is 59.4 Å². The summed E-state index contributed by atoms with van der Waals surface area (Å²) in [6, 6.07) is 10.5. The van der Waals surface area contributed by atoms with Crippen molar-refractivity contribution in [2.45, 2.75) is 58.2 Å². The number of nitrogens with zero attached hydrogens (tertiary/aromatic N) is 3. The molecule has 1 unspecified atom stereocenters. The standard InChI is InChI=1S/C23H34N4O2/c1-17(2)29-14-8-13-24-19-11-12-21-20(15-19)22(25-27(21)4)23(28)26(3)16-18-9-6-5-7-10-18/h5-7,9-10,17,19,24H,8,11-16H2,1-4H3. The van der Waals surface area contributed by atoms with Crippen LogP contribution in [0.2, 0.25) is 0 Å². The molecule has 1 aromatic heterocycles. The maximum absolute atomic E-state index is 13.1. The van der Waals surface area contributed by atoms with Gasteiger partial charge in [0.05, 0.1) is 6.10 Å². The van der Waals surface area contributed by atoms with Crippen LogP contribution in [0.5, 0.6) is 0 Å². The van der Waals surface area contributed by atoms with Crippen LogP contribution in [0.1, 0.15) is 54.0 Å². The Kier molecular flexibility index (Phi) is 7.45. The fourth-order valence-electron chi connectivity index (χ4n) is 3.94. The lowest BCUT2D eigenvalue weighted by molar-refractivity contribution is 0.0766. The van der Waals surface area contributed by atoms with E-state index in [0.717, 1.165) is 50.0 Å².